The standard InChI is InChI=1S/C25H21Cl2N3O5S/c26-18-5-3-17(4-6-18)24(32)29(14-13-16-1-11-21(12-2-16)36(28,34)35)22-15-23(31)30(25(22)33)20-9-7-19(27)8-10-20/h1-12,22H,13-15H2,(H2,28,34,35). The molecule has 36 heavy (non-hydrogen) atoms. The van der Waals surface area contributed by atoms with E-state index in [1.54, 1.807) is 60.7 Å². The van der Waals surface area contributed by atoms with E-state index in [4.69, 9.17) is 28.3 Å². The fourth-order valence-corrected chi connectivity index (χ4v) is 4.74. The SMILES string of the molecule is NS(=O)(=O)c1ccc(CCN(C(=O)c2ccc(Cl)cc2)C2CC(=O)N(c3ccc(Cl)cc3)C2=O)cc1. The molecule has 1 unspecified atom stereocenters. The van der Waals surface area contributed by atoms with E-state index in [0.29, 0.717) is 27.7 Å². The van der Waals surface area contributed by atoms with Crippen LogP contribution in [0, 0.1) is 0 Å². The van der Waals surface area contributed by atoms with Gasteiger partial charge in [-0.25, -0.2) is 18.5 Å². The van der Waals surface area contributed by atoms with Gasteiger partial charge < -0.3 is 4.90 Å². The number of imide groups is 1. The Labute approximate surface area is 218 Å². The van der Waals surface area contributed by atoms with Crippen molar-refractivity contribution in [1.82, 2.24) is 4.90 Å². The van der Waals surface area contributed by atoms with Gasteiger partial charge in [-0.15, -0.1) is 0 Å². The maximum absolute atomic E-state index is 13.5. The van der Waals surface area contributed by atoms with E-state index in [9.17, 15) is 22.8 Å². The zero-order chi connectivity index (χ0) is 26.0. The third kappa shape index (κ3) is 5.60. The Balaban J connectivity index is 1.62. The highest BCUT2D eigenvalue weighted by molar-refractivity contribution is 7.89. The average Bonchev–Trinajstić information content (AvgIpc) is 3.13. The Bertz CT molecular complexity index is 1410. The van der Waals surface area contributed by atoms with Crippen LogP contribution >= 0.6 is 23.2 Å². The number of benzene rings is 3. The van der Waals surface area contributed by atoms with E-state index in [-0.39, 0.29) is 17.9 Å². The molecule has 3 amide bonds. The molecule has 1 aliphatic heterocycles. The molecule has 4 rings (SSSR count). The number of amides is 3. The molecule has 1 saturated heterocycles. The number of hydrogen-bond acceptors (Lipinski definition) is 5. The zero-order valence-corrected chi connectivity index (χ0v) is 21.1. The highest BCUT2D eigenvalue weighted by Crippen LogP contribution is 2.28. The van der Waals surface area contributed by atoms with Gasteiger partial charge in [0, 0.05) is 22.2 Å². The molecule has 1 fully saturated rings. The lowest BCUT2D eigenvalue weighted by Gasteiger charge is -2.28. The summed E-state index contributed by atoms with van der Waals surface area (Å²) in [5.74, 6) is -1.38. The number of nitrogens with two attached hydrogens (primary N) is 1. The molecule has 0 radical (unpaired) electrons. The lowest BCUT2D eigenvalue weighted by molar-refractivity contribution is -0.122. The Morgan fingerprint density at radius 2 is 1.47 bits per heavy atom. The number of anilines is 1. The van der Waals surface area contributed by atoms with Crippen LogP contribution in [0.1, 0.15) is 22.3 Å². The van der Waals surface area contributed by atoms with Crippen molar-refractivity contribution in [2.45, 2.75) is 23.8 Å². The molecular weight excluding hydrogens is 525 g/mol. The molecule has 3 aromatic carbocycles. The summed E-state index contributed by atoms with van der Waals surface area (Å²) in [6, 6.07) is 17.5. The monoisotopic (exact) mass is 545 g/mol. The minimum absolute atomic E-state index is 0.0319. The molecular formula is C25H21Cl2N3O5S. The molecule has 0 aliphatic carbocycles. The highest BCUT2D eigenvalue weighted by atomic mass is 35.5. The smallest absolute Gasteiger partial charge is 0.257 e. The van der Waals surface area contributed by atoms with E-state index >= 15 is 0 Å². The van der Waals surface area contributed by atoms with Crippen molar-refractivity contribution in [3.63, 3.8) is 0 Å². The fraction of sp³-hybridized carbons (Fsp3) is 0.160. The summed E-state index contributed by atoms with van der Waals surface area (Å²) in [5.41, 5.74) is 1.41. The van der Waals surface area contributed by atoms with Gasteiger partial charge in [-0.1, -0.05) is 35.3 Å². The maximum Gasteiger partial charge on any atom is 0.257 e. The molecule has 0 bridgehead atoms. The average molecular weight is 546 g/mol. The minimum Gasteiger partial charge on any atom is -0.326 e. The summed E-state index contributed by atoms with van der Waals surface area (Å²) in [7, 11) is -3.84. The second kappa shape index (κ2) is 10.4. The lowest BCUT2D eigenvalue weighted by Crippen LogP contribution is -2.46. The summed E-state index contributed by atoms with van der Waals surface area (Å²) in [4.78, 5) is 42.1. The largest absolute Gasteiger partial charge is 0.326 e. The lowest BCUT2D eigenvalue weighted by atomic mass is 10.1. The first-order valence-electron chi connectivity index (χ1n) is 10.9. The Kier molecular flexibility index (Phi) is 7.46. The molecule has 3 aromatic rings. The molecule has 1 atom stereocenters. The van der Waals surface area contributed by atoms with Crippen molar-refractivity contribution in [2.24, 2.45) is 5.14 Å². The molecule has 186 valence electrons. The van der Waals surface area contributed by atoms with Crippen LogP contribution in [-0.2, 0) is 26.0 Å². The Hall–Kier alpha value is -3.24. The third-order valence-corrected chi connectivity index (χ3v) is 7.26. The quantitative estimate of drug-likeness (QED) is 0.454. The summed E-state index contributed by atoms with van der Waals surface area (Å²) in [5, 5.41) is 6.07. The number of sulfonamides is 1. The minimum atomic E-state index is -3.84. The summed E-state index contributed by atoms with van der Waals surface area (Å²) >= 11 is 11.9. The van der Waals surface area contributed by atoms with Crippen molar-refractivity contribution < 1.29 is 22.8 Å². The van der Waals surface area contributed by atoms with E-state index in [1.165, 1.54) is 17.0 Å². The van der Waals surface area contributed by atoms with E-state index in [1.807, 2.05) is 0 Å². The first kappa shape index (κ1) is 25.8. The first-order chi connectivity index (χ1) is 17.0. The van der Waals surface area contributed by atoms with Crippen LogP contribution in [0.25, 0.3) is 0 Å². The van der Waals surface area contributed by atoms with Crippen molar-refractivity contribution in [2.75, 3.05) is 11.4 Å². The fourth-order valence-electron chi connectivity index (χ4n) is 3.97. The van der Waals surface area contributed by atoms with Gasteiger partial charge in [0.1, 0.15) is 6.04 Å². The maximum atomic E-state index is 13.5. The second-order valence-electron chi connectivity index (χ2n) is 8.21. The third-order valence-electron chi connectivity index (χ3n) is 5.83. The van der Waals surface area contributed by atoms with Crippen LogP contribution in [0.4, 0.5) is 5.69 Å². The number of carbonyl (C=O) groups excluding carboxylic acids is 3. The van der Waals surface area contributed by atoms with Crippen molar-refractivity contribution in [3.05, 3.63) is 94.0 Å². The number of primary sulfonamides is 1. The number of nitrogens with zero attached hydrogens (tertiary/aromatic N) is 2. The second-order valence-corrected chi connectivity index (χ2v) is 10.6. The summed E-state index contributed by atoms with van der Waals surface area (Å²) in [6.07, 6.45) is 0.133. The van der Waals surface area contributed by atoms with Crippen LogP contribution in [0.2, 0.25) is 10.0 Å². The normalized spacial score (nSPS) is 15.9. The summed E-state index contributed by atoms with van der Waals surface area (Å²) < 4.78 is 23.0. The van der Waals surface area contributed by atoms with E-state index < -0.39 is 33.8 Å². The molecule has 11 heteroatoms. The van der Waals surface area contributed by atoms with E-state index in [0.717, 1.165) is 10.5 Å². The molecule has 8 nitrogen and oxygen atoms in total. The van der Waals surface area contributed by atoms with Crippen LogP contribution in [0.5, 0.6) is 0 Å². The van der Waals surface area contributed by atoms with Gasteiger partial charge in [0.15, 0.2) is 0 Å². The molecule has 0 aromatic heterocycles. The van der Waals surface area contributed by atoms with Gasteiger partial charge in [-0.2, -0.15) is 0 Å². The first-order valence-corrected chi connectivity index (χ1v) is 13.2. The number of carbonyl (C=O) groups is 3. The Morgan fingerprint density at radius 1 is 0.917 bits per heavy atom. The molecule has 0 spiro atoms. The van der Waals surface area contributed by atoms with Crippen LogP contribution in [-0.4, -0.2) is 43.6 Å². The summed E-state index contributed by atoms with van der Waals surface area (Å²) in [6.45, 7) is 0.105. The molecule has 0 saturated carbocycles. The molecule has 1 aliphatic rings. The number of hydrogen-bond donors (Lipinski definition) is 1. The van der Waals surface area contributed by atoms with Gasteiger partial charge in [0.2, 0.25) is 15.9 Å². The van der Waals surface area contributed by atoms with Crippen molar-refractivity contribution >= 4 is 56.6 Å². The zero-order valence-electron chi connectivity index (χ0n) is 18.8. The van der Waals surface area contributed by atoms with Crippen LogP contribution in [0.3, 0.4) is 0 Å². The van der Waals surface area contributed by atoms with E-state index in [2.05, 4.69) is 0 Å². The predicted octanol–water partition coefficient (Wildman–Crippen LogP) is 3.66. The van der Waals surface area contributed by atoms with Gasteiger partial charge in [0.25, 0.3) is 11.8 Å². The Morgan fingerprint density at radius 3 is 2.03 bits per heavy atom. The van der Waals surface area contributed by atoms with Crippen molar-refractivity contribution in [1.29, 1.82) is 0 Å². The van der Waals surface area contributed by atoms with Gasteiger partial charge in [0.05, 0.1) is 17.0 Å². The van der Waals surface area contributed by atoms with Gasteiger partial charge in [-0.05, 0) is 72.6 Å². The van der Waals surface area contributed by atoms with Crippen LogP contribution < -0.4 is 10.0 Å². The molecule has 2 N–H and O–H groups in total. The number of halogens is 2. The topological polar surface area (TPSA) is 118 Å². The van der Waals surface area contributed by atoms with Crippen molar-refractivity contribution in [3.8, 4) is 0 Å². The van der Waals surface area contributed by atoms with Gasteiger partial charge in [-0.3, -0.25) is 14.4 Å². The number of rotatable bonds is 7. The van der Waals surface area contributed by atoms with Gasteiger partial charge >= 0.3 is 0 Å². The highest BCUT2D eigenvalue weighted by Gasteiger charge is 2.44. The van der Waals surface area contributed by atoms with Crippen LogP contribution in [0.15, 0.2) is 77.7 Å². The predicted molar refractivity (Wildman–Crippen MR) is 136 cm³/mol. The molecule has 1 heterocycles.